The number of hydrogen-bond acceptors (Lipinski definition) is 4. The Morgan fingerprint density at radius 2 is 2.04 bits per heavy atom. The van der Waals surface area contributed by atoms with Crippen molar-refractivity contribution >= 4 is 17.2 Å². The van der Waals surface area contributed by atoms with E-state index in [-0.39, 0.29) is 11.9 Å². The molecule has 1 atom stereocenters. The number of likely N-dealkylation sites (tertiary alicyclic amines) is 1. The van der Waals surface area contributed by atoms with Gasteiger partial charge in [0, 0.05) is 29.3 Å². The van der Waals surface area contributed by atoms with Gasteiger partial charge in [-0.3, -0.25) is 4.79 Å². The minimum Gasteiger partial charge on any atom is -0.328 e. The maximum absolute atomic E-state index is 13.1. The van der Waals surface area contributed by atoms with Crippen LogP contribution < -0.4 is 0 Å². The molecular formula is C18H24N4OS. The fourth-order valence-corrected chi connectivity index (χ4v) is 4.95. The molecule has 1 saturated heterocycles. The molecule has 0 spiro atoms. The van der Waals surface area contributed by atoms with Gasteiger partial charge in [0.25, 0.3) is 5.91 Å². The SMILES string of the molecule is Cc1cc(C(=O)N2CCCC2c2nnc3n2CCCCC3)c(C)s1. The van der Waals surface area contributed by atoms with Crippen LogP contribution in [-0.2, 0) is 13.0 Å². The highest BCUT2D eigenvalue weighted by molar-refractivity contribution is 7.12. The fraction of sp³-hybridized carbons (Fsp3) is 0.611. The quantitative estimate of drug-likeness (QED) is 0.835. The summed E-state index contributed by atoms with van der Waals surface area (Å²) in [5.41, 5.74) is 0.861. The Labute approximate surface area is 146 Å². The van der Waals surface area contributed by atoms with Crippen molar-refractivity contribution in [2.24, 2.45) is 0 Å². The van der Waals surface area contributed by atoms with Gasteiger partial charge in [-0.05, 0) is 45.6 Å². The number of carbonyl (C=O) groups is 1. The standard InChI is InChI=1S/C18H24N4OS/c1-12-11-14(13(2)24-12)18(23)21-10-6-7-15(21)17-20-19-16-8-4-3-5-9-22(16)17/h11,15H,3-10H2,1-2H3. The summed E-state index contributed by atoms with van der Waals surface area (Å²) in [5.74, 6) is 2.26. The molecule has 0 aliphatic carbocycles. The van der Waals surface area contributed by atoms with Gasteiger partial charge in [0.1, 0.15) is 5.82 Å². The van der Waals surface area contributed by atoms with Gasteiger partial charge in [0.05, 0.1) is 11.6 Å². The van der Waals surface area contributed by atoms with E-state index in [4.69, 9.17) is 0 Å². The van der Waals surface area contributed by atoms with Crippen LogP contribution in [0.3, 0.4) is 0 Å². The molecule has 1 unspecified atom stereocenters. The highest BCUT2D eigenvalue weighted by Gasteiger charge is 2.35. The number of thiophene rings is 1. The fourth-order valence-electron chi connectivity index (χ4n) is 4.03. The predicted molar refractivity (Wildman–Crippen MR) is 94.4 cm³/mol. The van der Waals surface area contributed by atoms with Crippen LogP contribution in [0.5, 0.6) is 0 Å². The lowest BCUT2D eigenvalue weighted by molar-refractivity contribution is 0.0727. The van der Waals surface area contributed by atoms with Crippen molar-refractivity contribution in [3.05, 3.63) is 33.0 Å². The minimum atomic E-state index is 0.0801. The van der Waals surface area contributed by atoms with Crippen LogP contribution >= 0.6 is 11.3 Å². The lowest BCUT2D eigenvalue weighted by Gasteiger charge is -2.24. The van der Waals surface area contributed by atoms with E-state index in [0.29, 0.717) is 0 Å². The molecule has 6 heteroatoms. The minimum absolute atomic E-state index is 0.0801. The maximum Gasteiger partial charge on any atom is 0.255 e. The van der Waals surface area contributed by atoms with Crippen molar-refractivity contribution < 1.29 is 4.79 Å². The maximum atomic E-state index is 13.1. The summed E-state index contributed by atoms with van der Waals surface area (Å²) >= 11 is 1.70. The number of amides is 1. The van der Waals surface area contributed by atoms with Crippen LogP contribution in [0.15, 0.2) is 6.07 Å². The number of aromatic nitrogens is 3. The van der Waals surface area contributed by atoms with E-state index >= 15 is 0 Å². The molecule has 0 aromatic carbocycles. The van der Waals surface area contributed by atoms with E-state index < -0.39 is 0 Å². The second-order valence-electron chi connectivity index (χ2n) is 6.92. The van der Waals surface area contributed by atoms with Crippen LogP contribution in [0.4, 0.5) is 0 Å². The molecule has 24 heavy (non-hydrogen) atoms. The van der Waals surface area contributed by atoms with Crippen molar-refractivity contribution in [1.29, 1.82) is 0 Å². The third-order valence-electron chi connectivity index (χ3n) is 5.22. The Hall–Kier alpha value is -1.69. The second-order valence-corrected chi connectivity index (χ2v) is 8.38. The summed E-state index contributed by atoms with van der Waals surface area (Å²) < 4.78 is 2.29. The van der Waals surface area contributed by atoms with Gasteiger partial charge >= 0.3 is 0 Å². The zero-order chi connectivity index (χ0) is 16.7. The van der Waals surface area contributed by atoms with Gasteiger partial charge in [0.15, 0.2) is 5.82 Å². The molecule has 4 heterocycles. The lowest BCUT2D eigenvalue weighted by atomic mass is 10.1. The van der Waals surface area contributed by atoms with Gasteiger partial charge in [-0.2, -0.15) is 0 Å². The van der Waals surface area contributed by atoms with Gasteiger partial charge in [-0.1, -0.05) is 6.42 Å². The summed E-state index contributed by atoms with van der Waals surface area (Å²) in [4.78, 5) is 17.4. The molecule has 2 aliphatic rings. The summed E-state index contributed by atoms with van der Waals surface area (Å²) in [6, 6.07) is 2.11. The van der Waals surface area contributed by atoms with Crippen LogP contribution in [0.1, 0.15) is 69.9 Å². The van der Waals surface area contributed by atoms with Gasteiger partial charge in [-0.15, -0.1) is 21.5 Å². The summed E-state index contributed by atoms with van der Waals surface area (Å²) in [5, 5.41) is 8.92. The Kier molecular flexibility index (Phi) is 4.16. The van der Waals surface area contributed by atoms with Crippen molar-refractivity contribution in [3.8, 4) is 0 Å². The Bertz CT molecular complexity index is 763. The first-order chi connectivity index (χ1) is 11.6. The van der Waals surface area contributed by atoms with Crippen LogP contribution in [0.2, 0.25) is 0 Å². The average Bonchev–Trinajstić information content (AvgIpc) is 3.22. The highest BCUT2D eigenvalue weighted by Crippen LogP contribution is 2.34. The summed E-state index contributed by atoms with van der Waals surface area (Å²) in [7, 11) is 0. The van der Waals surface area contributed by atoms with Crippen molar-refractivity contribution in [2.45, 2.75) is 65.0 Å². The van der Waals surface area contributed by atoms with Crippen LogP contribution in [-0.4, -0.2) is 32.1 Å². The molecule has 4 rings (SSSR count). The predicted octanol–water partition coefficient (Wildman–Crippen LogP) is 3.66. The molecule has 2 aliphatic heterocycles. The highest BCUT2D eigenvalue weighted by atomic mass is 32.1. The number of fused-ring (bicyclic) bond motifs is 1. The van der Waals surface area contributed by atoms with E-state index in [0.717, 1.165) is 54.4 Å². The molecule has 0 saturated carbocycles. The largest absolute Gasteiger partial charge is 0.328 e. The number of nitrogens with zero attached hydrogens (tertiary/aromatic N) is 4. The second kappa shape index (κ2) is 6.31. The molecule has 0 N–H and O–H groups in total. The Morgan fingerprint density at radius 3 is 2.83 bits per heavy atom. The smallest absolute Gasteiger partial charge is 0.255 e. The third-order valence-corrected chi connectivity index (χ3v) is 6.19. The molecule has 0 bridgehead atoms. The monoisotopic (exact) mass is 344 g/mol. The van der Waals surface area contributed by atoms with E-state index in [1.165, 1.54) is 24.1 Å². The topological polar surface area (TPSA) is 51.0 Å². The molecule has 1 amide bonds. The van der Waals surface area contributed by atoms with Crippen molar-refractivity contribution in [1.82, 2.24) is 19.7 Å². The van der Waals surface area contributed by atoms with Gasteiger partial charge in [-0.25, -0.2) is 0 Å². The molecular weight excluding hydrogens is 320 g/mol. The zero-order valence-electron chi connectivity index (χ0n) is 14.4. The first kappa shape index (κ1) is 15.8. The summed E-state index contributed by atoms with van der Waals surface area (Å²) in [6.45, 7) is 5.92. The van der Waals surface area contributed by atoms with Crippen LogP contribution in [0, 0.1) is 13.8 Å². The molecule has 2 aromatic rings. The number of aryl methyl sites for hydroxylation is 3. The molecule has 128 valence electrons. The van der Waals surface area contributed by atoms with E-state index in [2.05, 4.69) is 21.7 Å². The molecule has 0 radical (unpaired) electrons. The molecule has 1 fully saturated rings. The molecule has 2 aromatic heterocycles. The van der Waals surface area contributed by atoms with Crippen LogP contribution in [0.25, 0.3) is 0 Å². The Balaban J connectivity index is 1.65. The van der Waals surface area contributed by atoms with E-state index in [1.807, 2.05) is 17.9 Å². The third kappa shape index (κ3) is 2.66. The van der Waals surface area contributed by atoms with Crippen molar-refractivity contribution in [2.75, 3.05) is 6.54 Å². The summed E-state index contributed by atoms with van der Waals surface area (Å²) in [6.07, 6.45) is 6.67. The average molecular weight is 344 g/mol. The Morgan fingerprint density at radius 1 is 1.17 bits per heavy atom. The van der Waals surface area contributed by atoms with Crippen molar-refractivity contribution in [3.63, 3.8) is 0 Å². The first-order valence-electron chi connectivity index (χ1n) is 8.95. The number of carbonyl (C=O) groups excluding carboxylic acids is 1. The zero-order valence-corrected chi connectivity index (χ0v) is 15.2. The van der Waals surface area contributed by atoms with E-state index in [1.54, 1.807) is 11.3 Å². The molecule has 5 nitrogen and oxygen atoms in total. The number of hydrogen-bond donors (Lipinski definition) is 0. The normalized spacial score (nSPS) is 20.9. The van der Waals surface area contributed by atoms with E-state index in [9.17, 15) is 4.79 Å². The first-order valence-corrected chi connectivity index (χ1v) is 9.77. The van der Waals surface area contributed by atoms with Gasteiger partial charge in [0.2, 0.25) is 0 Å². The lowest BCUT2D eigenvalue weighted by Crippen LogP contribution is -2.32. The number of rotatable bonds is 2. The van der Waals surface area contributed by atoms with Gasteiger partial charge < -0.3 is 9.47 Å².